The molecule has 2 saturated heterocycles. The van der Waals surface area contributed by atoms with E-state index in [-0.39, 0.29) is 5.92 Å². The third kappa shape index (κ3) is 3.40. The minimum atomic E-state index is 0.110. The summed E-state index contributed by atoms with van der Waals surface area (Å²) >= 11 is 1.75. The van der Waals surface area contributed by atoms with Crippen LogP contribution in [0.25, 0.3) is 0 Å². The highest BCUT2D eigenvalue weighted by atomic mass is 32.1. The van der Waals surface area contributed by atoms with Gasteiger partial charge in [0.2, 0.25) is 5.91 Å². The van der Waals surface area contributed by atoms with Gasteiger partial charge in [0.25, 0.3) is 0 Å². The second-order valence-corrected chi connectivity index (χ2v) is 6.43. The normalized spacial score (nSPS) is 24.8. The number of rotatable bonds is 3. The maximum absolute atomic E-state index is 12.4. The van der Waals surface area contributed by atoms with Crippen molar-refractivity contribution in [3.8, 4) is 0 Å². The molecule has 4 nitrogen and oxygen atoms in total. The van der Waals surface area contributed by atoms with Crippen LogP contribution in [0.2, 0.25) is 0 Å². The number of ether oxygens (including phenoxy) is 1. The van der Waals surface area contributed by atoms with E-state index in [1.54, 1.807) is 11.3 Å². The molecule has 3 heterocycles. The first kappa shape index (κ1) is 14.0. The van der Waals surface area contributed by atoms with Crippen molar-refractivity contribution in [2.75, 3.05) is 39.4 Å². The maximum Gasteiger partial charge on any atom is 0.228 e. The fourth-order valence-corrected chi connectivity index (χ4v) is 3.64. The molecule has 0 saturated carbocycles. The van der Waals surface area contributed by atoms with Crippen LogP contribution in [-0.4, -0.2) is 55.1 Å². The van der Waals surface area contributed by atoms with E-state index in [2.05, 4.69) is 21.7 Å². The Balaban J connectivity index is 1.52. The van der Waals surface area contributed by atoms with Crippen molar-refractivity contribution in [3.05, 3.63) is 22.4 Å². The fourth-order valence-electron chi connectivity index (χ4n) is 2.98. The van der Waals surface area contributed by atoms with Crippen molar-refractivity contribution >= 4 is 17.2 Å². The van der Waals surface area contributed by atoms with Crippen LogP contribution in [0.4, 0.5) is 0 Å². The third-order valence-electron chi connectivity index (χ3n) is 4.17. The van der Waals surface area contributed by atoms with Gasteiger partial charge >= 0.3 is 0 Å². The molecular weight excluding hydrogens is 272 g/mol. The number of hydrogen-bond acceptors (Lipinski definition) is 4. The zero-order valence-electron chi connectivity index (χ0n) is 11.8. The summed E-state index contributed by atoms with van der Waals surface area (Å²) in [6.07, 6.45) is 1.97. The molecule has 0 aromatic carbocycles. The molecule has 1 unspecified atom stereocenters. The van der Waals surface area contributed by atoms with Crippen molar-refractivity contribution in [1.29, 1.82) is 0 Å². The van der Waals surface area contributed by atoms with E-state index >= 15 is 0 Å². The maximum atomic E-state index is 12.4. The zero-order valence-corrected chi connectivity index (χ0v) is 12.6. The molecule has 0 radical (unpaired) electrons. The molecule has 2 aliphatic rings. The van der Waals surface area contributed by atoms with E-state index in [4.69, 9.17) is 4.74 Å². The second kappa shape index (κ2) is 6.70. The number of thiophene rings is 1. The summed E-state index contributed by atoms with van der Waals surface area (Å²) < 4.78 is 5.33. The number of amides is 1. The van der Waals surface area contributed by atoms with Crippen LogP contribution in [0, 0.1) is 5.92 Å². The molecule has 0 spiro atoms. The quantitative estimate of drug-likeness (QED) is 0.852. The first-order valence-corrected chi connectivity index (χ1v) is 8.37. The highest BCUT2D eigenvalue weighted by molar-refractivity contribution is 7.07. The summed E-state index contributed by atoms with van der Waals surface area (Å²) in [5, 5.41) is 4.34. The van der Waals surface area contributed by atoms with Crippen molar-refractivity contribution in [1.82, 2.24) is 9.80 Å². The average Bonchev–Trinajstić information content (AvgIpc) is 3.10. The van der Waals surface area contributed by atoms with Crippen molar-refractivity contribution in [2.24, 2.45) is 5.92 Å². The molecule has 20 heavy (non-hydrogen) atoms. The summed E-state index contributed by atoms with van der Waals surface area (Å²) in [4.78, 5) is 16.9. The molecule has 110 valence electrons. The van der Waals surface area contributed by atoms with Crippen LogP contribution in [0.5, 0.6) is 0 Å². The first-order valence-electron chi connectivity index (χ1n) is 7.43. The van der Waals surface area contributed by atoms with Gasteiger partial charge in [0.15, 0.2) is 0 Å². The summed E-state index contributed by atoms with van der Waals surface area (Å²) in [6.45, 7) is 6.20. The number of nitrogens with zero attached hydrogens (tertiary/aromatic N) is 2. The Kier molecular flexibility index (Phi) is 4.70. The van der Waals surface area contributed by atoms with Crippen molar-refractivity contribution in [3.63, 3.8) is 0 Å². The SMILES string of the molecule is O=C(C1CCOC1)N1CCCN(Cc2ccsc2)CC1. The number of hydrogen-bond donors (Lipinski definition) is 0. The highest BCUT2D eigenvalue weighted by Gasteiger charge is 2.29. The Bertz CT molecular complexity index is 429. The molecule has 3 rings (SSSR count). The Morgan fingerprint density at radius 1 is 1.35 bits per heavy atom. The molecule has 1 aromatic rings. The minimum absolute atomic E-state index is 0.110. The van der Waals surface area contributed by atoms with Crippen molar-refractivity contribution < 1.29 is 9.53 Å². The molecule has 0 bridgehead atoms. The lowest BCUT2D eigenvalue weighted by molar-refractivity contribution is -0.135. The van der Waals surface area contributed by atoms with E-state index in [1.165, 1.54) is 5.56 Å². The van der Waals surface area contributed by atoms with Gasteiger partial charge < -0.3 is 9.64 Å². The summed E-state index contributed by atoms with van der Waals surface area (Å²) in [5.74, 6) is 0.415. The lowest BCUT2D eigenvalue weighted by Gasteiger charge is -2.24. The van der Waals surface area contributed by atoms with Gasteiger partial charge in [0.1, 0.15) is 0 Å². The summed E-state index contributed by atoms with van der Waals surface area (Å²) in [6, 6.07) is 2.19. The number of carbonyl (C=O) groups is 1. The smallest absolute Gasteiger partial charge is 0.228 e. The van der Waals surface area contributed by atoms with Gasteiger partial charge in [-0.05, 0) is 35.2 Å². The lowest BCUT2D eigenvalue weighted by atomic mass is 10.1. The van der Waals surface area contributed by atoms with Crippen LogP contribution < -0.4 is 0 Å². The molecule has 2 aliphatic heterocycles. The predicted molar refractivity (Wildman–Crippen MR) is 79.7 cm³/mol. The predicted octanol–water partition coefficient (Wildman–Crippen LogP) is 1.82. The molecule has 2 fully saturated rings. The molecule has 5 heteroatoms. The molecule has 0 N–H and O–H groups in total. The van der Waals surface area contributed by atoms with Crippen molar-refractivity contribution in [2.45, 2.75) is 19.4 Å². The van der Waals surface area contributed by atoms with E-state index < -0.39 is 0 Å². The summed E-state index contributed by atoms with van der Waals surface area (Å²) in [7, 11) is 0. The van der Waals surface area contributed by atoms with Gasteiger partial charge in [0.05, 0.1) is 12.5 Å². The Morgan fingerprint density at radius 3 is 3.05 bits per heavy atom. The summed E-state index contributed by atoms with van der Waals surface area (Å²) in [5.41, 5.74) is 1.39. The molecule has 1 atom stereocenters. The molecule has 1 amide bonds. The van der Waals surface area contributed by atoms with Gasteiger partial charge in [-0.15, -0.1) is 0 Å². The Hall–Kier alpha value is -0.910. The van der Waals surface area contributed by atoms with Gasteiger partial charge in [-0.1, -0.05) is 0 Å². The van der Waals surface area contributed by atoms with Gasteiger partial charge in [-0.25, -0.2) is 0 Å². The topological polar surface area (TPSA) is 32.8 Å². The molecule has 0 aliphatic carbocycles. The van der Waals surface area contributed by atoms with E-state index in [9.17, 15) is 4.79 Å². The van der Waals surface area contributed by atoms with E-state index in [1.807, 2.05) is 4.90 Å². The zero-order chi connectivity index (χ0) is 13.8. The standard InChI is InChI=1S/C15H22N2O2S/c18-15(14-2-8-19-11-14)17-5-1-4-16(6-7-17)10-13-3-9-20-12-13/h3,9,12,14H,1-2,4-8,10-11H2. The second-order valence-electron chi connectivity index (χ2n) is 5.65. The third-order valence-corrected chi connectivity index (χ3v) is 4.90. The van der Waals surface area contributed by atoms with Crippen LogP contribution >= 0.6 is 11.3 Å². The Labute approximate surface area is 124 Å². The van der Waals surface area contributed by atoms with Gasteiger partial charge in [-0.3, -0.25) is 9.69 Å². The molecular formula is C15H22N2O2S. The van der Waals surface area contributed by atoms with E-state index in [0.29, 0.717) is 12.5 Å². The Morgan fingerprint density at radius 2 is 2.30 bits per heavy atom. The largest absolute Gasteiger partial charge is 0.381 e. The first-order chi connectivity index (χ1) is 9.83. The lowest BCUT2D eigenvalue weighted by Crippen LogP contribution is -2.39. The fraction of sp³-hybridized carbons (Fsp3) is 0.667. The van der Waals surface area contributed by atoms with Crippen LogP contribution in [0.1, 0.15) is 18.4 Å². The average molecular weight is 294 g/mol. The van der Waals surface area contributed by atoms with Crippen LogP contribution in [-0.2, 0) is 16.1 Å². The van der Waals surface area contributed by atoms with E-state index in [0.717, 1.165) is 52.2 Å². The highest BCUT2D eigenvalue weighted by Crippen LogP contribution is 2.18. The van der Waals surface area contributed by atoms with Crippen LogP contribution in [0.15, 0.2) is 16.8 Å². The molecule has 1 aromatic heterocycles. The minimum Gasteiger partial charge on any atom is -0.381 e. The monoisotopic (exact) mass is 294 g/mol. The number of carbonyl (C=O) groups excluding carboxylic acids is 1. The van der Waals surface area contributed by atoms with Crippen LogP contribution in [0.3, 0.4) is 0 Å². The van der Waals surface area contributed by atoms with Gasteiger partial charge in [-0.2, -0.15) is 11.3 Å². The van der Waals surface area contributed by atoms with Gasteiger partial charge in [0, 0.05) is 39.3 Å².